The predicted molar refractivity (Wildman–Crippen MR) is 67.5 cm³/mol. The zero-order valence-electron chi connectivity index (χ0n) is 10.1. The third-order valence-corrected chi connectivity index (χ3v) is 3.78. The minimum atomic E-state index is -0.226. The Bertz CT molecular complexity index is 361. The van der Waals surface area contributed by atoms with Crippen molar-refractivity contribution in [1.82, 2.24) is 0 Å². The van der Waals surface area contributed by atoms with E-state index in [1.54, 1.807) is 12.1 Å². The molecular weight excluding hydrogens is 217 g/mol. The highest BCUT2D eigenvalue weighted by Gasteiger charge is 2.31. The Morgan fingerprint density at radius 3 is 2.53 bits per heavy atom. The van der Waals surface area contributed by atoms with Crippen LogP contribution in [0.1, 0.15) is 32.1 Å². The number of anilines is 1. The van der Waals surface area contributed by atoms with Gasteiger partial charge in [0.05, 0.1) is 12.3 Å². The van der Waals surface area contributed by atoms with Crippen molar-refractivity contribution in [3.05, 3.63) is 30.1 Å². The van der Waals surface area contributed by atoms with Crippen molar-refractivity contribution in [3.8, 4) is 0 Å². The van der Waals surface area contributed by atoms with Gasteiger partial charge in [-0.1, -0.05) is 31.4 Å². The molecule has 0 saturated heterocycles. The molecule has 0 aliphatic heterocycles. The molecule has 1 saturated carbocycles. The molecule has 0 atom stereocenters. The first-order valence-electron chi connectivity index (χ1n) is 6.35. The Hall–Kier alpha value is -1.09. The maximum atomic E-state index is 13.4. The quantitative estimate of drug-likeness (QED) is 0.843. The van der Waals surface area contributed by atoms with Gasteiger partial charge in [-0.15, -0.1) is 0 Å². The maximum absolute atomic E-state index is 13.4. The van der Waals surface area contributed by atoms with Crippen LogP contribution in [0.2, 0.25) is 0 Å². The average Bonchev–Trinajstić information content (AvgIpc) is 2.39. The fraction of sp³-hybridized carbons (Fsp3) is 0.571. The van der Waals surface area contributed by atoms with Crippen LogP contribution in [-0.2, 0) is 0 Å². The maximum Gasteiger partial charge on any atom is 0.146 e. The average molecular weight is 237 g/mol. The van der Waals surface area contributed by atoms with E-state index >= 15 is 0 Å². The molecule has 1 aromatic rings. The Balaban J connectivity index is 1.98. The number of benzene rings is 1. The summed E-state index contributed by atoms with van der Waals surface area (Å²) >= 11 is 0. The van der Waals surface area contributed by atoms with Crippen LogP contribution in [0.5, 0.6) is 0 Å². The number of halogens is 1. The molecule has 1 fully saturated rings. The monoisotopic (exact) mass is 237 g/mol. The van der Waals surface area contributed by atoms with Crippen molar-refractivity contribution in [3.63, 3.8) is 0 Å². The molecule has 17 heavy (non-hydrogen) atoms. The fourth-order valence-electron chi connectivity index (χ4n) is 2.58. The van der Waals surface area contributed by atoms with E-state index in [0.717, 1.165) is 12.8 Å². The molecule has 0 unspecified atom stereocenters. The number of aliphatic hydroxyl groups is 1. The van der Waals surface area contributed by atoms with Gasteiger partial charge in [0.25, 0.3) is 0 Å². The van der Waals surface area contributed by atoms with Crippen LogP contribution in [-0.4, -0.2) is 18.3 Å². The van der Waals surface area contributed by atoms with Gasteiger partial charge in [0.15, 0.2) is 0 Å². The van der Waals surface area contributed by atoms with Gasteiger partial charge in [0.1, 0.15) is 5.82 Å². The number of nitrogens with one attached hydrogen (secondary N) is 1. The van der Waals surface area contributed by atoms with Crippen molar-refractivity contribution < 1.29 is 9.50 Å². The van der Waals surface area contributed by atoms with E-state index in [0.29, 0.717) is 12.2 Å². The molecule has 0 spiro atoms. The molecular formula is C14H20FNO. The zero-order valence-corrected chi connectivity index (χ0v) is 10.1. The normalized spacial score (nSPS) is 18.9. The predicted octanol–water partition coefficient (Wildman–Crippen LogP) is 3.18. The lowest BCUT2D eigenvalue weighted by atomic mass is 9.74. The lowest BCUT2D eigenvalue weighted by Gasteiger charge is -2.36. The summed E-state index contributed by atoms with van der Waals surface area (Å²) in [5, 5.41) is 12.7. The van der Waals surface area contributed by atoms with Crippen molar-refractivity contribution in [2.75, 3.05) is 18.5 Å². The molecule has 1 aliphatic carbocycles. The van der Waals surface area contributed by atoms with Crippen molar-refractivity contribution in [2.24, 2.45) is 5.41 Å². The summed E-state index contributed by atoms with van der Waals surface area (Å²) < 4.78 is 13.4. The van der Waals surface area contributed by atoms with E-state index in [1.807, 2.05) is 6.07 Å². The first-order valence-corrected chi connectivity index (χ1v) is 6.35. The summed E-state index contributed by atoms with van der Waals surface area (Å²) in [4.78, 5) is 0. The first-order chi connectivity index (χ1) is 8.26. The van der Waals surface area contributed by atoms with Crippen LogP contribution in [0, 0.1) is 11.2 Å². The van der Waals surface area contributed by atoms with Crippen LogP contribution in [0.3, 0.4) is 0 Å². The van der Waals surface area contributed by atoms with Crippen molar-refractivity contribution >= 4 is 5.69 Å². The van der Waals surface area contributed by atoms with Gasteiger partial charge in [-0.05, 0) is 25.0 Å². The SMILES string of the molecule is OCC1(CNc2ccccc2F)CCCCC1. The molecule has 2 N–H and O–H groups in total. The number of hydrogen-bond donors (Lipinski definition) is 2. The Labute approximate surface area is 102 Å². The van der Waals surface area contributed by atoms with E-state index in [1.165, 1.54) is 25.3 Å². The largest absolute Gasteiger partial charge is 0.396 e. The highest BCUT2D eigenvalue weighted by Crippen LogP contribution is 2.36. The molecule has 1 aliphatic rings. The lowest BCUT2D eigenvalue weighted by molar-refractivity contribution is 0.0943. The minimum absolute atomic E-state index is 0.0550. The second-order valence-electron chi connectivity index (χ2n) is 5.05. The van der Waals surface area contributed by atoms with Crippen LogP contribution in [0.25, 0.3) is 0 Å². The summed E-state index contributed by atoms with van der Waals surface area (Å²) in [5.74, 6) is -0.226. The van der Waals surface area contributed by atoms with E-state index in [2.05, 4.69) is 5.32 Å². The van der Waals surface area contributed by atoms with Crippen LogP contribution in [0.4, 0.5) is 10.1 Å². The van der Waals surface area contributed by atoms with Crippen LogP contribution < -0.4 is 5.32 Å². The Morgan fingerprint density at radius 1 is 1.18 bits per heavy atom. The molecule has 0 aromatic heterocycles. The molecule has 0 bridgehead atoms. The molecule has 0 heterocycles. The fourth-order valence-corrected chi connectivity index (χ4v) is 2.58. The highest BCUT2D eigenvalue weighted by atomic mass is 19.1. The molecule has 2 rings (SSSR count). The molecule has 0 radical (unpaired) electrons. The summed E-state index contributed by atoms with van der Waals surface area (Å²) in [6, 6.07) is 6.69. The molecule has 2 nitrogen and oxygen atoms in total. The number of para-hydroxylation sites is 1. The van der Waals surface area contributed by atoms with Crippen LogP contribution in [0.15, 0.2) is 24.3 Å². The highest BCUT2D eigenvalue weighted by molar-refractivity contribution is 5.44. The van der Waals surface area contributed by atoms with Gasteiger partial charge in [-0.25, -0.2) is 4.39 Å². The molecule has 0 amide bonds. The topological polar surface area (TPSA) is 32.3 Å². The Morgan fingerprint density at radius 2 is 1.88 bits per heavy atom. The van der Waals surface area contributed by atoms with Gasteiger partial charge >= 0.3 is 0 Å². The number of aliphatic hydroxyl groups excluding tert-OH is 1. The lowest BCUT2D eigenvalue weighted by Crippen LogP contribution is -2.35. The van der Waals surface area contributed by atoms with Crippen LogP contribution >= 0.6 is 0 Å². The summed E-state index contributed by atoms with van der Waals surface area (Å²) in [6.45, 7) is 0.846. The smallest absolute Gasteiger partial charge is 0.146 e. The summed E-state index contributed by atoms with van der Waals surface area (Å²) in [7, 11) is 0. The van der Waals surface area contributed by atoms with Gasteiger partial charge in [0.2, 0.25) is 0 Å². The molecule has 3 heteroatoms. The standard InChI is InChI=1S/C14H20FNO/c15-12-6-2-3-7-13(12)16-10-14(11-17)8-4-1-5-9-14/h2-3,6-7,16-17H,1,4-5,8-11H2. The second kappa shape index (κ2) is 5.50. The summed E-state index contributed by atoms with van der Waals surface area (Å²) in [5.41, 5.74) is 0.478. The van der Waals surface area contributed by atoms with Gasteiger partial charge in [0, 0.05) is 12.0 Å². The third-order valence-electron chi connectivity index (χ3n) is 3.78. The van der Waals surface area contributed by atoms with Gasteiger partial charge < -0.3 is 10.4 Å². The number of rotatable bonds is 4. The summed E-state index contributed by atoms with van der Waals surface area (Å²) in [6.07, 6.45) is 5.65. The molecule has 94 valence electrons. The first kappa shape index (κ1) is 12.4. The third kappa shape index (κ3) is 2.97. The second-order valence-corrected chi connectivity index (χ2v) is 5.05. The molecule has 1 aromatic carbocycles. The van der Waals surface area contributed by atoms with Gasteiger partial charge in [-0.2, -0.15) is 0 Å². The van der Waals surface area contributed by atoms with Gasteiger partial charge in [-0.3, -0.25) is 0 Å². The number of hydrogen-bond acceptors (Lipinski definition) is 2. The van der Waals surface area contributed by atoms with Crippen molar-refractivity contribution in [1.29, 1.82) is 0 Å². The van der Waals surface area contributed by atoms with E-state index in [4.69, 9.17) is 0 Å². The van der Waals surface area contributed by atoms with Crippen molar-refractivity contribution in [2.45, 2.75) is 32.1 Å². The van der Waals surface area contributed by atoms with E-state index in [-0.39, 0.29) is 17.8 Å². The minimum Gasteiger partial charge on any atom is -0.396 e. The Kier molecular flexibility index (Phi) is 4.00. The van der Waals surface area contributed by atoms with E-state index in [9.17, 15) is 9.50 Å². The zero-order chi connectivity index (χ0) is 12.1. The van der Waals surface area contributed by atoms with E-state index < -0.39 is 0 Å².